The summed E-state index contributed by atoms with van der Waals surface area (Å²) in [6, 6.07) is 6.73. The summed E-state index contributed by atoms with van der Waals surface area (Å²) in [5.74, 6) is -3.13. The largest absolute Gasteiger partial charge is 0.457 e. The van der Waals surface area contributed by atoms with Crippen LogP contribution in [-0.2, 0) is 11.3 Å². The Morgan fingerprint density at radius 3 is 2.57 bits per heavy atom. The van der Waals surface area contributed by atoms with Gasteiger partial charge >= 0.3 is 5.97 Å². The van der Waals surface area contributed by atoms with Crippen molar-refractivity contribution in [3.05, 3.63) is 63.7 Å². The first-order valence-corrected chi connectivity index (χ1v) is 6.43. The van der Waals surface area contributed by atoms with Crippen molar-refractivity contribution in [2.75, 3.05) is 5.73 Å². The molecule has 0 amide bonds. The van der Waals surface area contributed by atoms with Crippen LogP contribution in [0.2, 0.25) is 5.02 Å². The third-order valence-electron chi connectivity index (χ3n) is 2.88. The minimum atomic E-state index is -1.16. The van der Waals surface area contributed by atoms with Crippen LogP contribution >= 0.6 is 11.6 Å². The second-order valence-electron chi connectivity index (χ2n) is 4.52. The van der Waals surface area contributed by atoms with Crippen molar-refractivity contribution >= 4 is 23.3 Å². The molecule has 2 rings (SSSR count). The number of esters is 1. The van der Waals surface area contributed by atoms with Gasteiger partial charge in [-0.2, -0.15) is 0 Å². The Hall–Kier alpha value is -2.14. The van der Waals surface area contributed by atoms with Gasteiger partial charge < -0.3 is 10.5 Å². The molecule has 0 fully saturated rings. The normalized spacial score (nSPS) is 10.5. The van der Waals surface area contributed by atoms with Crippen LogP contribution in [0.1, 0.15) is 21.5 Å². The lowest BCUT2D eigenvalue weighted by Crippen LogP contribution is -2.10. The number of ether oxygens (including phenoxy) is 1. The maximum absolute atomic E-state index is 13.1. The Morgan fingerprint density at radius 2 is 1.90 bits per heavy atom. The van der Waals surface area contributed by atoms with Gasteiger partial charge in [0.05, 0.1) is 5.56 Å². The highest BCUT2D eigenvalue weighted by molar-refractivity contribution is 6.31. The van der Waals surface area contributed by atoms with E-state index in [1.807, 2.05) is 13.0 Å². The SMILES string of the molecule is Cc1ccc(COC(=O)c2cc(F)c(F)cc2N)c(Cl)c1. The van der Waals surface area contributed by atoms with Gasteiger partial charge in [0, 0.05) is 22.3 Å². The first kappa shape index (κ1) is 15.3. The van der Waals surface area contributed by atoms with Crippen molar-refractivity contribution in [2.45, 2.75) is 13.5 Å². The van der Waals surface area contributed by atoms with Gasteiger partial charge in [0.15, 0.2) is 11.6 Å². The maximum Gasteiger partial charge on any atom is 0.340 e. The highest BCUT2D eigenvalue weighted by atomic mass is 35.5. The monoisotopic (exact) mass is 311 g/mol. The number of halogens is 3. The van der Waals surface area contributed by atoms with Crippen LogP contribution in [-0.4, -0.2) is 5.97 Å². The number of hydrogen-bond donors (Lipinski definition) is 1. The van der Waals surface area contributed by atoms with E-state index in [9.17, 15) is 13.6 Å². The standard InChI is InChI=1S/C15H12ClF2NO2/c1-8-2-3-9(11(16)4-8)7-21-15(20)10-5-12(17)13(18)6-14(10)19/h2-6H,7,19H2,1H3. The molecule has 0 saturated carbocycles. The Labute approximate surface area is 125 Å². The predicted molar refractivity (Wildman–Crippen MR) is 76.1 cm³/mol. The molecule has 0 saturated heterocycles. The second-order valence-corrected chi connectivity index (χ2v) is 4.93. The van der Waals surface area contributed by atoms with E-state index in [4.69, 9.17) is 22.1 Å². The molecule has 0 spiro atoms. The molecule has 0 atom stereocenters. The number of rotatable bonds is 3. The molecule has 21 heavy (non-hydrogen) atoms. The summed E-state index contributed by atoms with van der Waals surface area (Å²) in [5.41, 5.74) is 6.65. The highest BCUT2D eigenvalue weighted by Crippen LogP contribution is 2.21. The van der Waals surface area contributed by atoms with E-state index in [-0.39, 0.29) is 17.9 Å². The van der Waals surface area contributed by atoms with E-state index < -0.39 is 17.6 Å². The Morgan fingerprint density at radius 1 is 1.24 bits per heavy atom. The van der Waals surface area contributed by atoms with Gasteiger partial charge in [0.25, 0.3) is 0 Å². The van der Waals surface area contributed by atoms with Gasteiger partial charge in [-0.3, -0.25) is 0 Å². The molecule has 0 bridgehead atoms. The number of nitrogens with two attached hydrogens (primary N) is 1. The van der Waals surface area contributed by atoms with Gasteiger partial charge in [0.1, 0.15) is 6.61 Å². The fourth-order valence-corrected chi connectivity index (χ4v) is 2.02. The molecule has 2 aromatic carbocycles. The van der Waals surface area contributed by atoms with Crippen LogP contribution < -0.4 is 5.73 Å². The van der Waals surface area contributed by atoms with Crippen LogP contribution in [0.3, 0.4) is 0 Å². The molecule has 110 valence electrons. The zero-order chi connectivity index (χ0) is 15.6. The smallest absolute Gasteiger partial charge is 0.340 e. The topological polar surface area (TPSA) is 52.3 Å². The lowest BCUT2D eigenvalue weighted by Gasteiger charge is -2.09. The third-order valence-corrected chi connectivity index (χ3v) is 3.23. The summed E-state index contributed by atoms with van der Waals surface area (Å²) >= 11 is 6.01. The Bertz CT molecular complexity index is 704. The fraction of sp³-hybridized carbons (Fsp3) is 0.133. The van der Waals surface area contributed by atoms with Crippen LogP contribution in [0.4, 0.5) is 14.5 Å². The van der Waals surface area contributed by atoms with Crippen molar-refractivity contribution in [1.29, 1.82) is 0 Å². The second kappa shape index (κ2) is 6.10. The molecule has 0 radical (unpaired) electrons. The summed E-state index contributed by atoms with van der Waals surface area (Å²) in [4.78, 5) is 11.8. The first-order valence-electron chi connectivity index (χ1n) is 6.05. The molecular formula is C15H12ClF2NO2. The number of anilines is 1. The van der Waals surface area contributed by atoms with Crippen molar-refractivity contribution in [2.24, 2.45) is 0 Å². The van der Waals surface area contributed by atoms with Crippen molar-refractivity contribution < 1.29 is 18.3 Å². The Balaban J connectivity index is 2.13. The summed E-state index contributed by atoms with van der Waals surface area (Å²) in [6.45, 7) is 1.79. The first-order chi connectivity index (χ1) is 9.88. The van der Waals surface area contributed by atoms with E-state index in [2.05, 4.69) is 0 Å². The highest BCUT2D eigenvalue weighted by Gasteiger charge is 2.16. The number of benzene rings is 2. The molecule has 0 aliphatic rings. The fourth-order valence-electron chi connectivity index (χ4n) is 1.73. The molecule has 2 N–H and O–H groups in total. The van der Waals surface area contributed by atoms with E-state index in [1.165, 1.54) is 0 Å². The zero-order valence-corrected chi connectivity index (χ0v) is 11.9. The van der Waals surface area contributed by atoms with Crippen LogP contribution in [0.15, 0.2) is 30.3 Å². The number of carbonyl (C=O) groups is 1. The molecule has 2 aromatic rings. The predicted octanol–water partition coefficient (Wildman–Crippen LogP) is 3.87. The molecule has 0 heterocycles. The lowest BCUT2D eigenvalue weighted by atomic mass is 10.1. The number of hydrogen-bond acceptors (Lipinski definition) is 3. The van der Waals surface area contributed by atoms with E-state index >= 15 is 0 Å². The van der Waals surface area contributed by atoms with Crippen molar-refractivity contribution in [1.82, 2.24) is 0 Å². The minimum absolute atomic E-state index is 0.0869. The van der Waals surface area contributed by atoms with E-state index in [1.54, 1.807) is 12.1 Å². The molecular weight excluding hydrogens is 300 g/mol. The van der Waals surface area contributed by atoms with Crippen molar-refractivity contribution in [3.8, 4) is 0 Å². The molecule has 0 unspecified atom stereocenters. The molecule has 0 aliphatic carbocycles. The average molecular weight is 312 g/mol. The summed E-state index contributed by atoms with van der Waals surface area (Å²) < 4.78 is 31.1. The van der Waals surface area contributed by atoms with Gasteiger partial charge in [-0.25, -0.2) is 13.6 Å². The molecule has 0 aliphatic heterocycles. The third kappa shape index (κ3) is 3.49. The summed E-state index contributed by atoms with van der Waals surface area (Å²) in [7, 11) is 0. The maximum atomic E-state index is 13.1. The van der Waals surface area contributed by atoms with Gasteiger partial charge in [0.2, 0.25) is 0 Å². The summed E-state index contributed by atoms with van der Waals surface area (Å²) in [6.07, 6.45) is 0. The van der Waals surface area contributed by atoms with E-state index in [0.29, 0.717) is 16.7 Å². The van der Waals surface area contributed by atoms with Gasteiger partial charge in [-0.1, -0.05) is 23.7 Å². The number of nitrogen functional groups attached to an aromatic ring is 1. The minimum Gasteiger partial charge on any atom is -0.457 e. The van der Waals surface area contributed by atoms with Gasteiger partial charge in [-0.15, -0.1) is 0 Å². The Kier molecular flexibility index (Phi) is 4.43. The van der Waals surface area contributed by atoms with Gasteiger partial charge in [-0.05, 0) is 24.6 Å². The number of aryl methyl sites for hydroxylation is 1. The molecule has 0 aromatic heterocycles. The summed E-state index contributed by atoms with van der Waals surface area (Å²) in [5, 5.41) is 0.459. The lowest BCUT2D eigenvalue weighted by molar-refractivity contribution is 0.0473. The molecule has 6 heteroatoms. The number of carbonyl (C=O) groups excluding carboxylic acids is 1. The average Bonchev–Trinajstić information content (AvgIpc) is 2.41. The zero-order valence-electron chi connectivity index (χ0n) is 11.1. The van der Waals surface area contributed by atoms with Crippen LogP contribution in [0.5, 0.6) is 0 Å². The molecule has 3 nitrogen and oxygen atoms in total. The van der Waals surface area contributed by atoms with E-state index in [0.717, 1.165) is 11.6 Å². The quantitative estimate of drug-likeness (QED) is 0.691. The van der Waals surface area contributed by atoms with Crippen molar-refractivity contribution in [3.63, 3.8) is 0 Å². The van der Waals surface area contributed by atoms with Crippen LogP contribution in [0, 0.1) is 18.6 Å². The van der Waals surface area contributed by atoms with Crippen LogP contribution in [0.25, 0.3) is 0 Å².